The molecular formula is C10H13Cl2NOS. The van der Waals surface area contributed by atoms with E-state index in [4.69, 9.17) is 27.9 Å². The summed E-state index contributed by atoms with van der Waals surface area (Å²) in [4.78, 5) is 5.24. The lowest BCUT2D eigenvalue weighted by molar-refractivity contribution is 0.398. The first kappa shape index (κ1) is 12.9. The number of pyridine rings is 1. The van der Waals surface area contributed by atoms with E-state index in [2.05, 4.69) is 4.98 Å². The Hall–Kier alpha value is -0.120. The highest BCUT2D eigenvalue weighted by Gasteiger charge is 2.09. The molecule has 0 atom stereocenters. The van der Waals surface area contributed by atoms with E-state index in [1.807, 2.05) is 6.07 Å². The second-order valence-electron chi connectivity index (χ2n) is 2.81. The van der Waals surface area contributed by atoms with Crippen molar-refractivity contribution in [2.75, 3.05) is 18.7 Å². The van der Waals surface area contributed by atoms with Gasteiger partial charge in [0.25, 0.3) is 0 Å². The van der Waals surface area contributed by atoms with Crippen molar-refractivity contribution in [1.82, 2.24) is 4.98 Å². The predicted molar refractivity (Wildman–Crippen MR) is 66.4 cm³/mol. The van der Waals surface area contributed by atoms with Crippen molar-refractivity contribution >= 4 is 35.0 Å². The summed E-state index contributed by atoms with van der Waals surface area (Å²) in [6.07, 6.45) is 2.73. The molecule has 0 N–H and O–H groups in total. The first-order valence-electron chi connectivity index (χ1n) is 4.60. The number of nitrogens with zero attached hydrogens (tertiary/aromatic N) is 1. The van der Waals surface area contributed by atoms with E-state index in [0.717, 1.165) is 28.5 Å². The molecule has 0 spiro atoms. The Labute approximate surface area is 104 Å². The Morgan fingerprint density at radius 2 is 2.27 bits per heavy atom. The van der Waals surface area contributed by atoms with Crippen LogP contribution in [0.2, 0.25) is 0 Å². The number of rotatable bonds is 6. The monoisotopic (exact) mass is 265 g/mol. The highest BCUT2D eigenvalue weighted by Crippen LogP contribution is 2.32. The fourth-order valence-corrected chi connectivity index (χ4v) is 2.62. The molecule has 0 radical (unpaired) electrons. The molecule has 0 amide bonds. The summed E-state index contributed by atoms with van der Waals surface area (Å²) in [5.74, 6) is 2.81. The van der Waals surface area contributed by atoms with Gasteiger partial charge in [0.05, 0.1) is 23.6 Å². The zero-order chi connectivity index (χ0) is 11.1. The Morgan fingerprint density at radius 3 is 2.87 bits per heavy atom. The van der Waals surface area contributed by atoms with Crippen molar-refractivity contribution in [3.8, 4) is 5.75 Å². The lowest BCUT2D eigenvalue weighted by Crippen LogP contribution is -1.95. The average molecular weight is 266 g/mol. The molecule has 0 unspecified atom stereocenters. The first-order valence-corrected chi connectivity index (χ1v) is 6.65. The minimum absolute atomic E-state index is 0.368. The first-order chi connectivity index (χ1) is 7.33. The van der Waals surface area contributed by atoms with Crippen LogP contribution in [0.4, 0.5) is 0 Å². The summed E-state index contributed by atoms with van der Waals surface area (Å²) < 4.78 is 5.30. The molecule has 0 bridgehead atoms. The van der Waals surface area contributed by atoms with Gasteiger partial charge in [-0.2, -0.15) is 0 Å². The van der Waals surface area contributed by atoms with Gasteiger partial charge in [-0.25, -0.2) is 0 Å². The molecule has 1 rings (SSSR count). The molecular weight excluding hydrogens is 253 g/mol. The van der Waals surface area contributed by atoms with Crippen LogP contribution in [-0.4, -0.2) is 23.7 Å². The Morgan fingerprint density at radius 1 is 1.47 bits per heavy atom. The fourth-order valence-electron chi connectivity index (χ4n) is 1.14. The summed E-state index contributed by atoms with van der Waals surface area (Å²) >= 11 is 13.1. The topological polar surface area (TPSA) is 22.1 Å². The van der Waals surface area contributed by atoms with E-state index in [0.29, 0.717) is 11.8 Å². The van der Waals surface area contributed by atoms with Gasteiger partial charge in [0.2, 0.25) is 0 Å². The van der Waals surface area contributed by atoms with Crippen LogP contribution in [-0.2, 0) is 5.88 Å². The normalized spacial score (nSPS) is 10.3. The summed E-state index contributed by atoms with van der Waals surface area (Å²) in [6, 6.07) is 1.94. The van der Waals surface area contributed by atoms with E-state index in [-0.39, 0.29) is 0 Å². The summed E-state index contributed by atoms with van der Waals surface area (Å²) in [7, 11) is 1.64. The smallest absolute Gasteiger partial charge is 0.155 e. The van der Waals surface area contributed by atoms with Crippen LogP contribution in [0.25, 0.3) is 0 Å². The van der Waals surface area contributed by atoms with Crippen LogP contribution in [0, 0.1) is 0 Å². The van der Waals surface area contributed by atoms with Gasteiger partial charge >= 0.3 is 0 Å². The Kier molecular flexibility index (Phi) is 6.22. The lowest BCUT2D eigenvalue weighted by atomic mass is 10.3. The van der Waals surface area contributed by atoms with Gasteiger partial charge in [0.15, 0.2) is 5.75 Å². The lowest BCUT2D eigenvalue weighted by Gasteiger charge is -2.10. The largest absolute Gasteiger partial charge is 0.494 e. The van der Waals surface area contributed by atoms with E-state index >= 15 is 0 Å². The molecule has 0 aliphatic carbocycles. The van der Waals surface area contributed by atoms with Crippen LogP contribution in [0.15, 0.2) is 17.2 Å². The number of thioether (sulfide) groups is 1. The molecule has 1 heterocycles. The minimum Gasteiger partial charge on any atom is -0.494 e. The van der Waals surface area contributed by atoms with Crippen LogP contribution in [0.3, 0.4) is 0 Å². The maximum absolute atomic E-state index is 5.77. The number of ether oxygens (including phenoxy) is 1. The average Bonchev–Trinajstić information content (AvgIpc) is 2.29. The van der Waals surface area contributed by atoms with Gasteiger partial charge in [0.1, 0.15) is 0 Å². The molecule has 0 aliphatic rings. The molecule has 1 aromatic rings. The molecule has 15 heavy (non-hydrogen) atoms. The third-order valence-corrected chi connectivity index (χ3v) is 3.45. The second kappa shape index (κ2) is 7.20. The van der Waals surface area contributed by atoms with E-state index in [1.54, 1.807) is 25.1 Å². The molecule has 5 heteroatoms. The molecule has 2 nitrogen and oxygen atoms in total. The number of alkyl halides is 2. The third-order valence-electron chi connectivity index (χ3n) is 1.81. The molecule has 0 saturated carbocycles. The maximum atomic E-state index is 5.77. The van der Waals surface area contributed by atoms with Gasteiger partial charge in [-0.1, -0.05) is 0 Å². The maximum Gasteiger partial charge on any atom is 0.155 e. The van der Waals surface area contributed by atoms with Crippen molar-refractivity contribution in [1.29, 1.82) is 0 Å². The highest BCUT2D eigenvalue weighted by molar-refractivity contribution is 7.99. The predicted octanol–water partition coefficient (Wildman–Crippen LogP) is 3.55. The zero-order valence-corrected chi connectivity index (χ0v) is 10.8. The van der Waals surface area contributed by atoms with Gasteiger partial charge in [-0.05, 0) is 18.2 Å². The quantitative estimate of drug-likeness (QED) is 0.446. The van der Waals surface area contributed by atoms with Gasteiger partial charge in [-0.15, -0.1) is 35.0 Å². The summed E-state index contributed by atoms with van der Waals surface area (Å²) in [6.45, 7) is 0. The van der Waals surface area contributed by atoms with E-state index in [9.17, 15) is 0 Å². The molecule has 1 aromatic heterocycles. The highest BCUT2D eigenvalue weighted by atomic mass is 35.5. The van der Waals surface area contributed by atoms with Crippen LogP contribution >= 0.6 is 35.0 Å². The van der Waals surface area contributed by atoms with Gasteiger partial charge in [0, 0.05) is 12.1 Å². The molecule has 0 fully saturated rings. The van der Waals surface area contributed by atoms with Crippen molar-refractivity contribution in [2.45, 2.75) is 17.2 Å². The van der Waals surface area contributed by atoms with Crippen LogP contribution in [0.5, 0.6) is 5.75 Å². The minimum atomic E-state index is 0.368. The number of methoxy groups -OCH3 is 1. The summed E-state index contributed by atoms with van der Waals surface area (Å²) in [5.41, 5.74) is 0.787. The fraction of sp³-hybridized carbons (Fsp3) is 0.500. The second-order valence-corrected chi connectivity index (χ2v) is 4.60. The van der Waals surface area contributed by atoms with Crippen molar-refractivity contribution < 1.29 is 4.74 Å². The van der Waals surface area contributed by atoms with Crippen LogP contribution < -0.4 is 4.74 Å². The zero-order valence-electron chi connectivity index (χ0n) is 8.50. The third kappa shape index (κ3) is 3.74. The number of halogens is 2. The molecule has 84 valence electrons. The van der Waals surface area contributed by atoms with E-state index < -0.39 is 0 Å². The number of hydrogen-bond donors (Lipinski definition) is 0. The van der Waals surface area contributed by atoms with Gasteiger partial charge < -0.3 is 4.74 Å². The number of hydrogen-bond acceptors (Lipinski definition) is 3. The molecule has 0 saturated heterocycles. The Bertz CT molecular complexity index is 309. The standard InChI is InChI=1S/C10H13Cl2NOS/c1-14-10-8(7-12)13-5-3-9(10)15-6-2-4-11/h3,5H,2,4,6-7H2,1H3. The van der Waals surface area contributed by atoms with Crippen LogP contribution in [0.1, 0.15) is 12.1 Å². The van der Waals surface area contributed by atoms with E-state index in [1.165, 1.54) is 0 Å². The Balaban J connectivity index is 2.76. The molecule has 0 aromatic carbocycles. The van der Waals surface area contributed by atoms with Gasteiger partial charge in [-0.3, -0.25) is 4.98 Å². The van der Waals surface area contributed by atoms with Crippen molar-refractivity contribution in [3.05, 3.63) is 18.0 Å². The SMILES string of the molecule is COc1c(SCCCCl)ccnc1CCl. The van der Waals surface area contributed by atoms with Crippen molar-refractivity contribution in [2.24, 2.45) is 0 Å². The van der Waals surface area contributed by atoms with Crippen molar-refractivity contribution in [3.63, 3.8) is 0 Å². The number of aromatic nitrogens is 1. The summed E-state index contributed by atoms with van der Waals surface area (Å²) in [5, 5.41) is 0. The molecule has 0 aliphatic heterocycles.